The van der Waals surface area contributed by atoms with Crippen molar-refractivity contribution in [3.63, 3.8) is 0 Å². The minimum absolute atomic E-state index is 0.974. The first-order valence-electron chi connectivity index (χ1n) is 4.59. The lowest BCUT2D eigenvalue weighted by atomic mass is 10.5. The first-order valence-corrected chi connectivity index (χ1v) is 5.23. The molecule has 0 atom stereocenters. The number of rotatable bonds is 4. The van der Waals surface area contributed by atoms with Crippen LogP contribution in [0.5, 0.6) is 0 Å². The summed E-state index contributed by atoms with van der Waals surface area (Å²) in [5.74, 6) is 0.974. The molecule has 11 heavy (non-hydrogen) atoms. The van der Waals surface area contributed by atoms with E-state index in [4.69, 9.17) is 0 Å². The number of nitrogens with zero attached hydrogens (tertiary/aromatic N) is 1. The van der Waals surface area contributed by atoms with Gasteiger partial charge in [-0.25, -0.2) is 0 Å². The third kappa shape index (κ3) is 13.3. The second kappa shape index (κ2) is 12.9. The van der Waals surface area contributed by atoms with Crippen molar-refractivity contribution in [2.45, 2.75) is 34.1 Å². The van der Waals surface area contributed by atoms with Crippen molar-refractivity contribution < 1.29 is 0 Å². The maximum atomic E-state index is 4.13. The molecule has 0 N–H and O–H groups in total. The van der Waals surface area contributed by atoms with Gasteiger partial charge in [-0.05, 0) is 13.1 Å². The molecule has 0 unspecified atom stereocenters. The standard InChI is InChI=1S/C6H15NS.C3H8/c1-3-7(4-2)5-6-8;1-3-2/h8H,3-6H2,1-2H3;3H2,1-2H3. The number of hydrogen-bond donors (Lipinski definition) is 1. The Morgan fingerprint density at radius 2 is 1.36 bits per heavy atom. The van der Waals surface area contributed by atoms with E-state index in [1.165, 1.54) is 6.42 Å². The molecule has 0 aliphatic heterocycles. The molecule has 0 aromatic heterocycles. The van der Waals surface area contributed by atoms with E-state index in [0.717, 1.165) is 25.4 Å². The van der Waals surface area contributed by atoms with Crippen molar-refractivity contribution >= 4 is 12.6 Å². The zero-order valence-corrected chi connectivity index (χ0v) is 9.32. The lowest BCUT2D eigenvalue weighted by Gasteiger charge is -2.15. The van der Waals surface area contributed by atoms with Gasteiger partial charge in [0.25, 0.3) is 0 Å². The molecule has 0 saturated heterocycles. The van der Waals surface area contributed by atoms with Crippen LogP contribution in [0.4, 0.5) is 0 Å². The molecule has 0 rings (SSSR count). The van der Waals surface area contributed by atoms with Gasteiger partial charge >= 0.3 is 0 Å². The van der Waals surface area contributed by atoms with Crippen molar-refractivity contribution in [3.05, 3.63) is 0 Å². The highest BCUT2D eigenvalue weighted by Gasteiger charge is 1.93. The lowest BCUT2D eigenvalue weighted by Crippen LogP contribution is -2.24. The van der Waals surface area contributed by atoms with Crippen LogP contribution in [-0.4, -0.2) is 30.3 Å². The molecule has 0 spiro atoms. The van der Waals surface area contributed by atoms with E-state index in [-0.39, 0.29) is 0 Å². The van der Waals surface area contributed by atoms with Crippen LogP contribution < -0.4 is 0 Å². The molecular formula is C9H23NS. The third-order valence-electron chi connectivity index (χ3n) is 1.31. The second-order valence-corrected chi connectivity index (χ2v) is 2.90. The third-order valence-corrected chi connectivity index (χ3v) is 1.51. The van der Waals surface area contributed by atoms with Crippen LogP contribution in [0, 0.1) is 0 Å². The van der Waals surface area contributed by atoms with E-state index in [0.29, 0.717) is 0 Å². The van der Waals surface area contributed by atoms with Crippen molar-refractivity contribution in [3.8, 4) is 0 Å². The molecule has 70 valence electrons. The first-order chi connectivity index (χ1) is 5.26. The summed E-state index contributed by atoms with van der Waals surface area (Å²) in [5.41, 5.74) is 0. The molecule has 2 heteroatoms. The Morgan fingerprint density at radius 1 is 1.00 bits per heavy atom. The molecule has 0 aliphatic rings. The highest BCUT2D eigenvalue weighted by Crippen LogP contribution is 1.86. The summed E-state index contributed by atoms with van der Waals surface area (Å²) in [5, 5.41) is 0. The predicted molar refractivity (Wildman–Crippen MR) is 57.6 cm³/mol. The lowest BCUT2D eigenvalue weighted by molar-refractivity contribution is 0.324. The second-order valence-electron chi connectivity index (χ2n) is 2.46. The fourth-order valence-electron chi connectivity index (χ4n) is 0.681. The Hall–Kier alpha value is 0.310. The number of thiol groups is 1. The smallest absolute Gasteiger partial charge is 0.00696 e. The molecule has 0 aliphatic carbocycles. The van der Waals surface area contributed by atoms with Gasteiger partial charge in [0.2, 0.25) is 0 Å². The monoisotopic (exact) mass is 177 g/mol. The fourth-order valence-corrected chi connectivity index (χ4v) is 0.964. The van der Waals surface area contributed by atoms with E-state index in [2.05, 4.69) is 45.2 Å². The normalized spacial score (nSPS) is 9.27. The van der Waals surface area contributed by atoms with Crippen LogP contribution in [0.2, 0.25) is 0 Å². The maximum Gasteiger partial charge on any atom is 0.00696 e. The predicted octanol–water partition coefficient (Wildman–Crippen LogP) is 2.67. The highest BCUT2D eigenvalue weighted by atomic mass is 32.1. The fraction of sp³-hybridized carbons (Fsp3) is 1.00. The van der Waals surface area contributed by atoms with Crippen LogP contribution in [-0.2, 0) is 0 Å². The molecule has 1 nitrogen and oxygen atoms in total. The van der Waals surface area contributed by atoms with Gasteiger partial charge in [-0.1, -0.05) is 34.1 Å². The van der Waals surface area contributed by atoms with E-state index in [1.807, 2.05) is 0 Å². The van der Waals surface area contributed by atoms with Gasteiger partial charge in [0.15, 0.2) is 0 Å². The Balaban J connectivity index is 0. The molecule has 0 saturated carbocycles. The summed E-state index contributed by atoms with van der Waals surface area (Å²) in [4.78, 5) is 2.35. The molecular weight excluding hydrogens is 154 g/mol. The highest BCUT2D eigenvalue weighted by molar-refractivity contribution is 7.80. The van der Waals surface area contributed by atoms with Crippen LogP contribution in [0.25, 0.3) is 0 Å². The topological polar surface area (TPSA) is 3.24 Å². The summed E-state index contributed by atoms with van der Waals surface area (Å²) in [7, 11) is 0. The average Bonchev–Trinajstić information content (AvgIpc) is 2.02. The first kappa shape index (κ1) is 13.9. The number of hydrogen-bond acceptors (Lipinski definition) is 2. The minimum atomic E-state index is 0.974. The summed E-state index contributed by atoms with van der Waals surface area (Å²) in [6.07, 6.45) is 1.25. The van der Waals surface area contributed by atoms with E-state index >= 15 is 0 Å². The van der Waals surface area contributed by atoms with Crippen LogP contribution >= 0.6 is 12.6 Å². The van der Waals surface area contributed by atoms with Gasteiger partial charge in [0.05, 0.1) is 0 Å². The quantitative estimate of drug-likeness (QED) is 0.646. The van der Waals surface area contributed by atoms with Crippen molar-refractivity contribution in [2.24, 2.45) is 0 Å². The molecule has 0 heterocycles. The van der Waals surface area contributed by atoms with Gasteiger partial charge in [-0.2, -0.15) is 12.6 Å². The molecule has 0 aromatic rings. The molecule has 0 fully saturated rings. The van der Waals surface area contributed by atoms with Gasteiger partial charge in [-0.15, -0.1) is 0 Å². The summed E-state index contributed by atoms with van der Waals surface area (Å²) in [6, 6.07) is 0. The minimum Gasteiger partial charge on any atom is -0.303 e. The summed E-state index contributed by atoms with van der Waals surface area (Å²) >= 11 is 4.13. The van der Waals surface area contributed by atoms with Crippen LogP contribution in [0.3, 0.4) is 0 Å². The average molecular weight is 177 g/mol. The Kier molecular flexibility index (Phi) is 16.3. The molecule has 0 radical (unpaired) electrons. The largest absolute Gasteiger partial charge is 0.303 e. The van der Waals surface area contributed by atoms with E-state index < -0.39 is 0 Å². The summed E-state index contributed by atoms with van der Waals surface area (Å²) in [6.45, 7) is 12.0. The maximum absolute atomic E-state index is 4.13. The Labute approximate surface area is 77.6 Å². The molecule has 0 aromatic carbocycles. The van der Waals surface area contributed by atoms with Crippen LogP contribution in [0.15, 0.2) is 0 Å². The van der Waals surface area contributed by atoms with E-state index in [9.17, 15) is 0 Å². The van der Waals surface area contributed by atoms with Crippen molar-refractivity contribution in [1.82, 2.24) is 4.90 Å². The van der Waals surface area contributed by atoms with Crippen molar-refractivity contribution in [1.29, 1.82) is 0 Å². The summed E-state index contributed by atoms with van der Waals surface area (Å²) < 4.78 is 0. The van der Waals surface area contributed by atoms with Crippen molar-refractivity contribution in [2.75, 3.05) is 25.4 Å². The Morgan fingerprint density at radius 3 is 1.45 bits per heavy atom. The van der Waals surface area contributed by atoms with Gasteiger partial charge in [-0.3, -0.25) is 0 Å². The van der Waals surface area contributed by atoms with Gasteiger partial charge < -0.3 is 4.90 Å². The van der Waals surface area contributed by atoms with Crippen LogP contribution in [0.1, 0.15) is 34.1 Å². The van der Waals surface area contributed by atoms with E-state index in [1.54, 1.807) is 0 Å². The van der Waals surface area contributed by atoms with Gasteiger partial charge in [0, 0.05) is 12.3 Å². The zero-order chi connectivity index (χ0) is 9.11. The zero-order valence-electron chi connectivity index (χ0n) is 8.43. The molecule has 0 bridgehead atoms. The SMILES string of the molecule is CCC.CCN(CC)CCS. The molecule has 0 amide bonds. The van der Waals surface area contributed by atoms with Gasteiger partial charge in [0.1, 0.15) is 0 Å². The Bertz CT molecular complexity index is 53.5.